The Labute approximate surface area is 148 Å². The topological polar surface area (TPSA) is 76.2 Å². The normalized spacial score (nSPS) is 22.2. The van der Waals surface area contributed by atoms with Crippen molar-refractivity contribution >= 4 is 15.9 Å². The lowest BCUT2D eigenvalue weighted by Gasteiger charge is -2.32. The van der Waals surface area contributed by atoms with Gasteiger partial charge in [-0.2, -0.15) is 4.31 Å². The van der Waals surface area contributed by atoms with Crippen molar-refractivity contribution in [2.75, 3.05) is 40.0 Å². The lowest BCUT2D eigenvalue weighted by atomic mass is 10.2. The van der Waals surface area contributed by atoms with Crippen molar-refractivity contribution in [3.63, 3.8) is 0 Å². The molecule has 8 heteroatoms. The predicted octanol–water partition coefficient (Wildman–Crippen LogP) is 1.02. The first kappa shape index (κ1) is 18.2. The first-order valence-corrected chi connectivity index (χ1v) is 9.92. The quantitative estimate of drug-likeness (QED) is 0.793. The Balaban J connectivity index is 1.89. The van der Waals surface area contributed by atoms with E-state index in [-0.39, 0.29) is 10.8 Å². The Hall–Kier alpha value is -1.64. The summed E-state index contributed by atoms with van der Waals surface area (Å²) >= 11 is 0. The summed E-state index contributed by atoms with van der Waals surface area (Å²) in [6.45, 7) is 4.14. The lowest BCUT2D eigenvalue weighted by molar-refractivity contribution is -0.138. The van der Waals surface area contributed by atoms with E-state index in [1.807, 2.05) is 0 Å². The number of hydrogen-bond donors (Lipinski definition) is 0. The third kappa shape index (κ3) is 3.51. The highest BCUT2D eigenvalue weighted by Gasteiger charge is 2.41. The molecular formula is C17H24N2O5S. The molecule has 1 aromatic rings. The number of sulfonamides is 1. The molecule has 1 amide bonds. The summed E-state index contributed by atoms with van der Waals surface area (Å²) in [5.41, 5.74) is 0.644. The van der Waals surface area contributed by atoms with E-state index in [2.05, 4.69) is 0 Å². The van der Waals surface area contributed by atoms with Crippen LogP contribution in [0, 0.1) is 6.92 Å². The van der Waals surface area contributed by atoms with E-state index < -0.39 is 16.1 Å². The van der Waals surface area contributed by atoms with Crippen LogP contribution in [0.2, 0.25) is 0 Å². The van der Waals surface area contributed by atoms with Crippen LogP contribution in [0.3, 0.4) is 0 Å². The van der Waals surface area contributed by atoms with Crippen molar-refractivity contribution in [3.8, 4) is 5.75 Å². The maximum absolute atomic E-state index is 13.2. The van der Waals surface area contributed by atoms with E-state index in [0.717, 1.165) is 0 Å². The molecular weight excluding hydrogens is 344 g/mol. The Kier molecular flexibility index (Phi) is 5.31. The summed E-state index contributed by atoms with van der Waals surface area (Å²) in [7, 11) is -2.26. The summed E-state index contributed by atoms with van der Waals surface area (Å²) in [6.07, 6.45) is 1.24. The van der Waals surface area contributed by atoms with Crippen molar-refractivity contribution in [3.05, 3.63) is 23.8 Å². The monoisotopic (exact) mass is 368 g/mol. The van der Waals surface area contributed by atoms with Gasteiger partial charge in [0.15, 0.2) is 0 Å². The highest BCUT2D eigenvalue weighted by molar-refractivity contribution is 7.89. The van der Waals surface area contributed by atoms with Crippen molar-refractivity contribution in [2.45, 2.75) is 30.7 Å². The van der Waals surface area contributed by atoms with Crippen molar-refractivity contribution in [1.29, 1.82) is 0 Å². The Morgan fingerprint density at radius 1 is 1.24 bits per heavy atom. The van der Waals surface area contributed by atoms with Gasteiger partial charge < -0.3 is 14.4 Å². The van der Waals surface area contributed by atoms with Gasteiger partial charge >= 0.3 is 0 Å². The molecule has 25 heavy (non-hydrogen) atoms. The molecule has 0 N–H and O–H groups in total. The number of carbonyl (C=O) groups is 1. The molecule has 1 atom stereocenters. The molecule has 7 nitrogen and oxygen atoms in total. The standard InChI is InChI=1S/C17H24N2O5S/c1-13-5-6-14(23-2)12-16(13)25(21,22)19-7-3-4-15(19)17(20)18-8-10-24-11-9-18/h5-6,12,15H,3-4,7-11H2,1-2H3. The maximum Gasteiger partial charge on any atom is 0.244 e. The molecule has 0 aliphatic carbocycles. The molecule has 0 aromatic heterocycles. The number of hydrogen-bond acceptors (Lipinski definition) is 5. The van der Waals surface area contributed by atoms with Gasteiger partial charge in [-0.3, -0.25) is 4.79 Å². The highest BCUT2D eigenvalue weighted by atomic mass is 32.2. The summed E-state index contributed by atoms with van der Waals surface area (Å²) in [5, 5.41) is 0. The SMILES string of the molecule is COc1ccc(C)c(S(=O)(=O)N2CCCC2C(=O)N2CCOCC2)c1. The summed E-state index contributed by atoms with van der Waals surface area (Å²) in [6, 6.07) is 4.35. The third-order valence-corrected chi connectivity index (χ3v) is 6.84. The van der Waals surface area contributed by atoms with Gasteiger partial charge in [0.2, 0.25) is 15.9 Å². The van der Waals surface area contributed by atoms with Crippen LogP contribution >= 0.6 is 0 Å². The van der Waals surface area contributed by atoms with Gasteiger partial charge in [0.05, 0.1) is 25.2 Å². The zero-order valence-electron chi connectivity index (χ0n) is 14.6. The number of benzene rings is 1. The smallest absolute Gasteiger partial charge is 0.244 e. The fourth-order valence-electron chi connectivity index (χ4n) is 3.38. The fourth-order valence-corrected chi connectivity index (χ4v) is 5.27. The van der Waals surface area contributed by atoms with Gasteiger partial charge in [0.25, 0.3) is 0 Å². The van der Waals surface area contributed by atoms with Crippen LogP contribution in [0.5, 0.6) is 5.75 Å². The zero-order valence-corrected chi connectivity index (χ0v) is 15.4. The Bertz CT molecular complexity index is 743. The van der Waals surface area contributed by atoms with Crippen molar-refractivity contribution in [1.82, 2.24) is 9.21 Å². The first-order chi connectivity index (χ1) is 11.9. The van der Waals surface area contributed by atoms with Gasteiger partial charge in [-0.1, -0.05) is 6.07 Å². The summed E-state index contributed by atoms with van der Waals surface area (Å²) in [5.74, 6) is 0.365. The summed E-state index contributed by atoms with van der Waals surface area (Å²) < 4.78 is 38.2. The fraction of sp³-hybridized carbons (Fsp3) is 0.588. The van der Waals surface area contributed by atoms with Crippen LogP contribution in [0.1, 0.15) is 18.4 Å². The average Bonchev–Trinajstić information content (AvgIpc) is 3.12. The zero-order chi connectivity index (χ0) is 18.0. The van der Waals surface area contributed by atoms with Crippen molar-refractivity contribution in [2.24, 2.45) is 0 Å². The number of aryl methyl sites for hydroxylation is 1. The number of morpholine rings is 1. The number of carbonyl (C=O) groups excluding carboxylic acids is 1. The Morgan fingerprint density at radius 2 is 1.96 bits per heavy atom. The van der Waals surface area contributed by atoms with Crippen LogP contribution in [-0.2, 0) is 19.6 Å². The molecule has 1 aromatic carbocycles. The van der Waals surface area contributed by atoms with Crippen LogP contribution in [0.15, 0.2) is 23.1 Å². The van der Waals surface area contributed by atoms with Crippen LogP contribution in [-0.4, -0.2) is 69.5 Å². The molecule has 138 valence electrons. The Morgan fingerprint density at radius 3 is 2.64 bits per heavy atom. The van der Waals surface area contributed by atoms with Gasteiger partial charge in [0.1, 0.15) is 11.8 Å². The van der Waals surface area contributed by atoms with E-state index in [0.29, 0.717) is 57.0 Å². The minimum atomic E-state index is -3.76. The highest BCUT2D eigenvalue weighted by Crippen LogP contribution is 2.31. The lowest BCUT2D eigenvalue weighted by Crippen LogP contribution is -2.51. The maximum atomic E-state index is 13.2. The minimum Gasteiger partial charge on any atom is -0.497 e. The molecule has 2 aliphatic rings. The van der Waals surface area contributed by atoms with E-state index in [1.165, 1.54) is 17.5 Å². The van der Waals surface area contributed by atoms with Gasteiger partial charge in [-0.25, -0.2) is 8.42 Å². The van der Waals surface area contributed by atoms with Gasteiger partial charge in [0, 0.05) is 25.7 Å². The van der Waals surface area contributed by atoms with Gasteiger partial charge in [-0.15, -0.1) is 0 Å². The first-order valence-electron chi connectivity index (χ1n) is 8.48. The second-order valence-corrected chi connectivity index (χ2v) is 8.20. The molecule has 2 saturated heterocycles. The number of amides is 1. The van der Waals surface area contributed by atoms with E-state index >= 15 is 0 Å². The molecule has 3 rings (SSSR count). The second kappa shape index (κ2) is 7.31. The molecule has 2 heterocycles. The van der Waals surface area contributed by atoms with E-state index in [9.17, 15) is 13.2 Å². The molecule has 0 bridgehead atoms. The summed E-state index contributed by atoms with van der Waals surface area (Å²) in [4.78, 5) is 14.7. The molecule has 0 radical (unpaired) electrons. The minimum absolute atomic E-state index is 0.120. The molecule has 0 saturated carbocycles. The largest absolute Gasteiger partial charge is 0.497 e. The van der Waals surface area contributed by atoms with Gasteiger partial charge in [-0.05, 0) is 31.4 Å². The van der Waals surface area contributed by atoms with Crippen LogP contribution < -0.4 is 4.74 Å². The number of methoxy groups -OCH3 is 1. The average molecular weight is 368 g/mol. The molecule has 0 spiro atoms. The predicted molar refractivity (Wildman–Crippen MR) is 92.0 cm³/mol. The van der Waals surface area contributed by atoms with Crippen LogP contribution in [0.25, 0.3) is 0 Å². The second-order valence-electron chi connectivity index (χ2n) is 6.34. The number of rotatable bonds is 4. The molecule has 2 fully saturated rings. The van der Waals surface area contributed by atoms with E-state index in [1.54, 1.807) is 24.0 Å². The number of nitrogens with zero attached hydrogens (tertiary/aromatic N) is 2. The number of ether oxygens (including phenoxy) is 2. The van der Waals surface area contributed by atoms with Crippen molar-refractivity contribution < 1.29 is 22.7 Å². The van der Waals surface area contributed by atoms with E-state index in [4.69, 9.17) is 9.47 Å². The molecule has 1 unspecified atom stereocenters. The third-order valence-electron chi connectivity index (χ3n) is 4.79. The van der Waals surface area contributed by atoms with Crippen LogP contribution in [0.4, 0.5) is 0 Å². The molecule has 2 aliphatic heterocycles.